The highest BCUT2D eigenvalue weighted by atomic mass is 35.5. The number of benzene rings is 1. The summed E-state index contributed by atoms with van der Waals surface area (Å²) in [6.07, 6.45) is 5.26. The molecule has 3 rings (SSSR count). The van der Waals surface area contributed by atoms with Gasteiger partial charge in [-0.2, -0.15) is 5.26 Å². The van der Waals surface area contributed by atoms with Crippen LogP contribution in [0.5, 0.6) is 0 Å². The molecule has 0 radical (unpaired) electrons. The summed E-state index contributed by atoms with van der Waals surface area (Å²) in [6.45, 7) is 5.54. The molecule has 1 spiro atoms. The monoisotopic (exact) mass is 303 g/mol. The minimum Gasteiger partial charge on any atom is -0.316 e. The average Bonchev–Trinajstić information content (AvgIpc) is 2.50. The molecule has 2 aliphatic rings. The number of rotatable bonds is 2. The number of hydrogen-bond donors (Lipinski definition) is 1. The lowest BCUT2D eigenvalue weighted by atomic mass is 9.74. The van der Waals surface area contributed by atoms with E-state index in [0.29, 0.717) is 11.0 Å². The Morgan fingerprint density at radius 2 is 2.19 bits per heavy atom. The van der Waals surface area contributed by atoms with Crippen LogP contribution in [0.3, 0.4) is 0 Å². The molecule has 3 nitrogen and oxygen atoms in total. The van der Waals surface area contributed by atoms with E-state index in [2.05, 4.69) is 16.3 Å². The Balaban J connectivity index is 1.68. The van der Waals surface area contributed by atoms with Crippen molar-refractivity contribution >= 4 is 11.6 Å². The fourth-order valence-corrected chi connectivity index (χ4v) is 4.05. The van der Waals surface area contributed by atoms with Crippen LogP contribution in [-0.4, -0.2) is 31.1 Å². The zero-order valence-corrected chi connectivity index (χ0v) is 13.1. The molecule has 0 saturated carbocycles. The summed E-state index contributed by atoms with van der Waals surface area (Å²) in [7, 11) is 0. The Morgan fingerprint density at radius 1 is 1.33 bits per heavy atom. The fraction of sp³-hybridized carbons (Fsp3) is 0.588. The molecule has 0 aliphatic carbocycles. The molecule has 1 unspecified atom stereocenters. The SMILES string of the molecule is N#Cc1ccc(CN2CCCC3(CCCNC3)C2)c(Cl)c1. The lowest BCUT2D eigenvalue weighted by Gasteiger charge is -2.45. The molecule has 0 aromatic heterocycles. The Kier molecular flexibility index (Phi) is 4.49. The van der Waals surface area contributed by atoms with E-state index in [0.717, 1.165) is 36.8 Å². The second kappa shape index (κ2) is 6.36. The lowest BCUT2D eigenvalue weighted by molar-refractivity contribution is 0.0601. The number of likely N-dealkylation sites (tertiary alicyclic amines) is 1. The highest BCUT2D eigenvalue weighted by molar-refractivity contribution is 6.31. The number of nitrogens with zero attached hydrogens (tertiary/aromatic N) is 2. The molecule has 2 fully saturated rings. The Morgan fingerprint density at radius 3 is 2.90 bits per heavy atom. The van der Waals surface area contributed by atoms with Crippen LogP contribution < -0.4 is 5.32 Å². The third-order valence-electron chi connectivity index (χ3n) is 4.88. The van der Waals surface area contributed by atoms with E-state index in [-0.39, 0.29) is 0 Å². The predicted molar refractivity (Wildman–Crippen MR) is 85.2 cm³/mol. The fourth-order valence-electron chi connectivity index (χ4n) is 3.81. The van der Waals surface area contributed by atoms with Crippen molar-refractivity contribution in [2.75, 3.05) is 26.2 Å². The van der Waals surface area contributed by atoms with Gasteiger partial charge in [0.2, 0.25) is 0 Å². The van der Waals surface area contributed by atoms with Crippen LogP contribution in [0.1, 0.15) is 36.8 Å². The van der Waals surface area contributed by atoms with Crippen LogP contribution >= 0.6 is 11.6 Å². The zero-order chi connectivity index (χ0) is 14.7. The summed E-state index contributed by atoms with van der Waals surface area (Å²) in [5.41, 5.74) is 2.24. The number of nitrogens with one attached hydrogen (secondary N) is 1. The van der Waals surface area contributed by atoms with E-state index < -0.39 is 0 Å². The third-order valence-corrected chi connectivity index (χ3v) is 5.23. The molecule has 2 aliphatic heterocycles. The third kappa shape index (κ3) is 3.40. The Hall–Kier alpha value is -1.08. The summed E-state index contributed by atoms with van der Waals surface area (Å²) in [5, 5.41) is 13.2. The van der Waals surface area contributed by atoms with Crippen LogP contribution in [0.2, 0.25) is 5.02 Å². The molecule has 4 heteroatoms. The summed E-state index contributed by atoms with van der Waals surface area (Å²) in [4.78, 5) is 2.53. The van der Waals surface area contributed by atoms with Gasteiger partial charge in [0, 0.05) is 24.7 Å². The van der Waals surface area contributed by atoms with Crippen molar-refractivity contribution in [3.05, 3.63) is 34.3 Å². The van der Waals surface area contributed by atoms with Gasteiger partial charge in [-0.25, -0.2) is 0 Å². The summed E-state index contributed by atoms with van der Waals surface area (Å²) >= 11 is 6.31. The van der Waals surface area contributed by atoms with E-state index in [9.17, 15) is 0 Å². The standard InChI is InChI=1S/C17H22ClN3/c18-16-9-14(10-19)3-4-15(16)11-21-8-2-6-17(13-21)5-1-7-20-12-17/h3-4,9,20H,1-2,5-8,11-13H2. The molecule has 0 amide bonds. The average molecular weight is 304 g/mol. The predicted octanol–water partition coefficient (Wildman–Crippen LogP) is 3.18. The highest BCUT2D eigenvalue weighted by Crippen LogP contribution is 2.36. The van der Waals surface area contributed by atoms with E-state index in [1.54, 1.807) is 6.07 Å². The van der Waals surface area contributed by atoms with Gasteiger partial charge in [0.15, 0.2) is 0 Å². The van der Waals surface area contributed by atoms with Crippen molar-refractivity contribution in [1.29, 1.82) is 5.26 Å². The van der Waals surface area contributed by atoms with Gasteiger partial charge in [0.1, 0.15) is 0 Å². The summed E-state index contributed by atoms with van der Waals surface area (Å²) in [5.74, 6) is 0. The molecule has 1 aromatic rings. The minimum absolute atomic E-state index is 0.468. The maximum atomic E-state index is 8.91. The smallest absolute Gasteiger partial charge is 0.0992 e. The number of halogens is 1. The Bertz CT molecular complexity index is 538. The first-order chi connectivity index (χ1) is 10.2. The number of nitriles is 1. The number of piperidine rings is 2. The van der Waals surface area contributed by atoms with Gasteiger partial charge in [-0.1, -0.05) is 17.7 Å². The zero-order valence-electron chi connectivity index (χ0n) is 12.4. The van der Waals surface area contributed by atoms with Gasteiger partial charge < -0.3 is 5.32 Å². The quantitative estimate of drug-likeness (QED) is 0.912. The van der Waals surface area contributed by atoms with Gasteiger partial charge in [-0.05, 0) is 61.9 Å². The van der Waals surface area contributed by atoms with Gasteiger partial charge in [0.05, 0.1) is 11.6 Å². The minimum atomic E-state index is 0.468. The van der Waals surface area contributed by atoms with Gasteiger partial charge in [0.25, 0.3) is 0 Å². The Labute approximate surface area is 131 Å². The molecule has 1 atom stereocenters. The highest BCUT2D eigenvalue weighted by Gasteiger charge is 2.36. The van der Waals surface area contributed by atoms with E-state index in [1.165, 1.54) is 32.2 Å². The summed E-state index contributed by atoms with van der Waals surface area (Å²) < 4.78 is 0. The first kappa shape index (κ1) is 14.8. The molecular weight excluding hydrogens is 282 g/mol. The molecule has 0 bridgehead atoms. The van der Waals surface area contributed by atoms with Gasteiger partial charge in [-0.15, -0.1) is 0 Å². The second-order valence-corrected chi connectivity index (χ2v) is 6.92. The molecule has 21 heavy (non-hydrogen) atoms. The van der Waals surface area contributed by atoms with Crippen LogP contribution in [-0.2, 0) is 6.54 Å². The first-order valence-electron chi connectivity index (χ1n) is 7.82. The maximum Gasteiger partial charge on any atom is 0.0992 e. The molecule has 1 N–H and O–H groups in total. The van der Waals surface area contributed by atoms with Crippen molar-refractivity contribution in [2.24, 2.45) is 5.41 Å². The second-order valence-electron chi connectivity index (χ2n) is 6.51. The number of hydrogen-bond acceptors (Lipinski definition) is 3. The summed E-state index contributed by atoms with van der Waals surface area (Å²) in [6, 6.07) is 7.78. The van der Waals surface area contributed by atoms with Gasteiger partial charge >= 0.3 is 0 Å². The van der Waals surface area contributed by atoms with Crippen LogP contribution in [0.25, 0.3) is 0 Å². The molecule has 2 saturated heterocycles. The van der Waals surface area contributed by atoms with Crippen LogP contribution in [0.15, 0.2) is 18.2 Å². The first-order valence-corrected chi connectivity index (χ1v) is 8.20. The molecular formula is C17H22ClN3. The van der Waals surface area contributed by atoms with E-state index in [4.69, 9.17) is 16.9 Å². The topological polar surface area (TPSA) is 39.1 Å². The van der Waals surface area contributed by atoms with E-state index in [1.807, 2.05) is 12.1 Å². The van der Waals surface area contributed by atoms with Crippen molar-refractivity contribution in [3.8, 4) is 6.07 Å². The van der Waals surface area contributed by atoms with Crippen molar-refractivity contribution in [1.82, 2.24) is 10.2 Å². The largest absolute Gasteiger partial charge is 0.316 e. The maximum absolute atomic E-state index is 8.91. The van der Waals surface area contributed by atoms with Crippen LogP contribution in [0, 0.1) is 16.7 Å². The van der Waals surface area contributed by atoms with Crippen LogP contribution in [0.4, 0.5) is 0 Å². The lowest BCUT2D eigenvalue weighted by Crippen LogP contribution is -2.50. The molecule has 112 valence electrons. The van der Waals surface area contributed by atoms with E-state index >= 15 is 0 Å². The normalized spacial score (nSPS) is 26.7. The molecule has 2 heterocycles. The molecule has 1 aromatic carbocycles. The van der Waals surface area contributed by atoms with Crippen molar-refractivity contribution in [2.45, 2.75) is 32.2 Å². The van der Waals surface area contributed by atoms with Gasteiger partial charge in [-0.3, -0.25) is 4.90 Å². The van der Waals surface area contributed by atoms with Crippen molar-refractivity contribution in [3.63, 3.8) is 0 Å². The van der Waals surface area contributed by atoms with Crippen molar-refractivity contribution < 1.29 is 0 Å².